The summed E-state index contributed by atoms with van der Waals surface area (Å²) in [7, 11) is 1.47. The molecule has 0 aromatic rings. The molecule has 1 heterocycles. The molecule has 0 bridgehead atoms. The molecule has 0 radical (unpaired) electrons. The summed E-state index contributed by atoms with van der Waals surface area (Å²) < 4.78 is 4.72. The molecular weight excluding hydrogens is 154 g/mol. The van der Waals surface area contributed by atoms with Crippen molar-refractivity contribution in [1.82, 2.24) is 4.90 Å². The number of carbonyl (C=O) groups is 1. The molecule has 0 amide bonds. The number of likely N-dealkylation sites (tertiary alicyclic amines) is 1. The normalized spacial score (nSPS) is 40.3. The maximum atomic E-state index is 11.2. The Morgan fingerprint density at radius 3 is 2.58 bits per heavy atom. The largest absolute Gasteiger partial charge is 0.468 e. The van der Waals surface area contributed by atoms with Crippen LogP contribution < -0.4 is 0 Å². The minimum Gasteiger partial charge on any atom is -0.468 e. The van der Waals surface area contributed by atoms with Gasteiger partial charge in [-0.2, -0.15) is 0 Å². The van der Waals surface area contributed by atoms with Crippen molar-refractivity contribution in [2.75, 3.05) is 13.7 Å². The van der Waals surface area contributed by atoms with Gasteiger partial charge in [0.2, 0.25) is 0 Å². The first-order valence-corrected chi connectivity index (χ1v) is 4.57. The Kier molecular flexibility index (Phi) is 1.83. The van der Waals surface area contributed by atoms with Gasteiger partial charge in [0.15, 0.2) is 0 Å². The molecule has 3 nitrogen and oxygen atoms in total. The minimum absolute atomic E-state index is 0.0552. The molecule has 0 N–H and O–H groups in total. The fourth-order valence-electron chi connectivity index (χ4n) is 1.96. The molecule has 3 atom stereocenters. The molecule has 0 aromatic heterocycles. The highest BCUT2D eigenvalue weighted by molar-refractivity contribution is 5.76. The fourth-order valence-corrected chi connectivity index (χ4v) is 1.96. The maximum absolute atomic E-state index is 11.2. The first-order valence-electron chi connectivity index (χ1n) is 4.57. The number of methoxy groups -OCH3 is 1. The van der Waals surface area contributed by atoms with Crippen molar-refractivity contribution in [1.29, 1.82) is 0 Å². The van der Waals surface area contributed by atoms with Gasteiger partial charge in [0.05, 0.1) is 7.11 Å². The van der Waals surface area contributed by atoms with Crippen molar-refractivity contribution in [3.63, 3.8) is 0 Å². The zero-order valence-corrected chi connectivity index (χ0v) is 7.62. The van der Waals surface area contributed by atoms with Crippen LogP contribution in [-0.2, 0) is 9.53 Å². The van der Waals surface area contributed by atoms with Crippen LogP contribution in [0.1, 0.15) is 19.8 Å². The van der Waals surface area contributed by atoms with E-state index < -0.39 is 0 Å². The van der Waals surface area contributed by atoms with Crippen LogP contribution in [0.4, 0.5) is 0 Å². The Labute approximate surface area is 72.7 Å². The molecule has 3 heteroatoms. The number of hydrogen-bond donors (Lipinski definition) is 0. The van der Waals surface area contributed by atoms with Gasteiger partial charge in [-0.25, -0.2) is 0 Å². The zero-order chi connectivity index (χ0) is 8.72. The van der Waals surface area contributed by atoms with E-state index in [1.165, 1.54) is 13.5 Å². The standard InChI is InChI=1S/C9H15NO2/c1-6-5-8(6)10-4-3-7(10)9(11)12-2/h6-8H,3-5H2,1-2H3. The molecular formula is C9H15NO2. The average molecular weight is 169 g/mol. The lowest BCUT2D eigenvalue weighted by atomic mass is 10.0. The molecule has 0 aromatic carbocycles. The minimum atomic E-state index is -0.0552. The monoisotopic (exact) mass is 169 g/mol. The van der Waals surface area contributed by atoms with E-state index in [4.69, 9.17) is 4.74 Å². The Morgan fingerprint density at radius 2 is 2.25 bits per heavy atom. The highest BCUT2D eigenvalue weighted by Crippen LogP contribution is 2.40. The van der Waals surface area contributed by atoms with Crippen molar-refractivity contribution in [3.05, 3.63) is 0 Å². The van der Waals surface area contributed by atoms with E-state index in [1.54, 1.807) is 0 Å². The highest BCUT2D eigenvalue weighted by atomic mass is 16.5. The van der Waals surface area contributed by atoms with E-state index in [0.717, 1.165) is 18.9 Å². The van der Waals surface area contributed by atoms with Gasteiger partial charge in [-0.3, -0.25) is 9.69 Å². The number of carbonyl (C=O) groups excluding carboxylic acids is 1. The predicted molar refractivity (Wildman–Crippen MR) is 44.7 cm³/mol. The molecule has 2 fully saturated rings. The summed E-state index contributed by atoms with van der Waals surface area (Å²) in [4.78, 5) is 13.5. The van der Waals surface area contributed by atoms with Crippen molar-refractivity contribution in [2.45, 2.75) is 31.8 Å². The van der Waals surface area contributed by atoms with Crippen LogP contribution >= 0.6 is 0 Å². The van der Waals surface area contributed by atoms with E-state index in [0.29, 0.717) is 6.04 Å². The summed E-state index contributed by atoms with van der Waals surface area (Å²) in [6, 6.07) is 0.743. The lowest BCUT2D eigenvalue weighted by Gasteiger charge is -2.39. The SMILES string of the molecule is COC(=O)C1CCN1C1CC1C. The third-order valence-electron chi connectivity index (χ3n) is 3.03. The number of esters is 1. The third-order valence-corrected chi connectivity index (χ3v) is 3.03. The van der Waals surface area contributed by atoms with Gasteiger partial charge in [0.1, 0.15) is 6.04 Å². The Balaban J connectivity index is 1.89. The van der Waals surface area contributed by atoms with Crippen molar-refractivity contribution in [3.8, 4) is 0 Å². The quantitative estimate of drug-likeness (QED) is 0.568. The van der Waals surface area contributed by atoms with E-state index >= 15 is 0 Å². The van der Waals surface area contributed by atoms with E-state index in [2.05, 4.69) is 11.8 Å². The molecule has 2 aliphatic rings. The van der Waals surface area contributed by atoms with Gasteiger partial charge in [0.25, 0.3) is 0 Å². The van der Waals surface area contributed by atoms with E-state index in [9.17, 15) is 4.79 Å². The van der Waals surface area contributed by atoms with Crippen molar-refractivity contribution >= 4 is 5.97 Å². The van der Waals surface area contributed by atoms with Crippen molar-refractivity contribution < 1.29 is 9.53 Å². The fraction of sp³-hybridized carbons (Fsp3) is 0.889. The topological polar surface area (TPSA) is 29.5 Å². The van der Waals surface area contributed by atoms with E-state index in [-0.39, 0.29) is 12.0 Å². The number of hydrogen-bond acceptors (Lipinski definition) is 3. The molecule has 0 spiro atoms. The summed E-state index contributed by atoms with van der Waals surface area (Å²) in [6.45, 7) is 3.31. The van der Waals surface area contributed by atoms with Gasteiger partial charge in [-0.1, -0.05) is 6.92 Å². The first kappa shape index (κ1) is 8.05. The summed E-state index contributed by atoms with van der Waals surface area (Å²) in [5.41, 5.74) is 0. The number of rotatable bonds is 2. The lowest BCUT2D eigenvalue weighted by molar-refractivity contribution is -0.152. The van der Waals surface area contributed by atoms with Gasteiger partial charge in [0, 0.05) is 12.6 Å². The Morgan fingerprint density at radius 1 is 1.58 bits per heavy atom. The first-order chi connectivity index (χ1) is 5.74. The Hall–Kier alpha value is -0.570. The molecule has 68 valence electrons. The van der Waals surface area contributed by atoms with Gasteiger partial charge >= 0.3 is 5.97 Å². The molecule has 1 saturated heterocycles. The van der Waals surface area contributed by atoms with Crippen LogP contribution in [0.5, 0.6) is 0 Å². The molecule has 12 heavy (non-hydrogen) atoms. The van der Waals surface area contributed by atoms with Gasteiger partial charge < -0.3 is 4.74 Å². The van der Waals surface area contributed by atoms with Crippen LogP contribution in [0, 0.1) is 5.92 Å². The van der Waals surface area contributed by atoms with Crippen LogP contribution in [0.3, 0.4) is 0 Å². The van der Waals surface area contributed by atoms with Crippen molar-refractivity contribution in [2.24, 2.45) is 5.92 Å². The summed E-state index contributed by atoms with van der Waals surface area (Å²) >= 11 is 0. The molecule has 3 unspecified atom stereocenters. The van der Waals surface area contributed by atoms with E-state index in [1.807, 2.05) is 0 Å². The molecule has 2 rings (SSSR count). The second kappa shape index (κ2) is 2.73. The summed E-state index contributed by atoms with van der Waals surface area (Å²) in [5, 5.41) is 0. The third kappa shape index (κ3) is 1.12. The summed E-state index contributed by atoms with van der Waals surface area (Å²) in [6.07, 6.45) is 2.24. The Bertz CT molecular complexity index is 205. The van der Waals surface area contributed by atoms with Crippen LogP contribution in [0.15, 0.2) is 0 Å². The van der Waals surface area contributed by atoms with Gasteiger partial charge in [-0.15, -0.1) is 0 Å². The molecule has 1 aliphatic heterocycles. The average Bonchev–Trinajstić information content (AvgIpc) is 2.64. The van der Waals surface area contributed by atoms with Crippen LogP contribution in [-0.4, -0.2) is 36.6 Å². The highest BCUT2D eigenvalue weighted by Gasteiger charge is 2.47. The second-order valence-electron chi connectivity index (χ2n) is 3.85. The predicted octanol–water partition coefficient (Wildman–Crippen LogP) is 0.642. The smallest absolute Gasteiger partial charge is 0.323 e. The zero-order valence-electron chi connectivity index (χ0n) is 7.62. The second-order valence-corrected chi connectivity index (χ2v) is 3.85. The van der Waals surface area contributed by atoms with Crippen LogP contribution in [0.25, 0.3) is 0 Å². The number of nitrogens with zero attached hydrogens (tertiary/aromatic N) is 1. The molecule has 1 aliphatic carbocycles. The van der Waals surface area contributed by atoms with Gasteiger partial charge in [-0.05, 0) is 18.8 Å². The molecule has 1 saturated carbocycles. The lowest BCUT2D eigenvalue weighted by Crippen LogP contribution is -2.54. The summed E-state index contributed by atoms with van der Waals surface area (Å²) in [5.74, 6) is 0.734. The van der Waals surface area contributed by atoms with Crippen LogP contribution in [0.2, 0.25) is 0 Å². The maximum Gasteiger partial charge on any atom is 0.323 e. The number of ether oxygens (including phenoxy) is 1.